The fourth-order valence-corrected chi connectivity index (χ4v) is 3.98. The highest BCUT2D eigenvalue weighted by Gasteiger charge is 2.37. The first-order valence-electron chi connectivity index (χ1n) is 7.42. The number of benzene rings is 2. The Kier molecular flexibility index (Phi) is 4.53. The lowest BCUT2D eigenvalue weighted by atomic mass is 10.1. The van der Waals surface area contributed by atoms with Crippen molar-refractivity contribution in [2.45, 2.75) is 11.4 Å². The van der Waals surface area contributed by atoms with Crippen LogP contribution < -0.4 is 15.5 Å². The summed E-state index contributed by atoms with van der Waals surface area (Å²) in [5.74, 6) is -0.344. The molecule has 0 radical (unpaired) electrons. The summed E-state index contributed by atoms with van der Waals surface area (Å²) in [5, 5.41) is 11.1. The third-order valence-electron chi connectivity index (χ3n) is 3.87. The van der Waals surface area contributed by atoms with Gasteiger partial charge >= 0.3 is 6.03 Å². The number of amides is 3. The topological polar surface area (TPSA) is 125 Å². The van der Waals surface area contributed by atoms with Gasteiger partial charge < -0.3 is 10.1 Å². The molecule has 0 atom stereocenters. The Balaban J connectivity index is 1.92. The smallest absolute Gasteiger partial charge is 0.336 e. The van der Waals surface area contributed by atoms with E-state index in [1.165, 1.54) is 49.0 Å². The standard InChI is InChI=1S/C16H15N3O6S/c1-25-12-6-7-13-14(8-12)26(23,24)19(16(21)17-13)9-10-2-4-11(5-3-10)15(20)18-22/h2-8,22H,9H2,1H3,(H,17,21)(H,18,20). The molecule has 0 spiro atoms. The molecule has 1 heterocycles. The van der Waals surface area contributed by atoms with Crippen LogP contribution in [0.2, 0.25) is 0 Å². The predicted octanol–water partition coefficient (Wildman–Crippen LogP) is 1.55. The van der Waals surface area contributed by atoms with Crippen molar-refractivity contribution >= 4 is 27.6 Å². The van der Waals surface area contributed by atoms with Gasteiger partial charge in [0.05, 0.1) is 19.3 Å². The molecule has 0 aliphatic carbocycles. The third-order valence-corrected chi connectivity index (χ3v) is 5.64. The minimum atomic E-state index is -4.07. The van der Waals surface area contributed by atoms with E-state index in [1.54, 1.807) is 6.07 Å². The van der Waals surface area contributed by atoms with Crippen LogP contribution in [0.4, 0.5) is 10.5 Å². The summed E-state index contributed by atoms with van der Waals surface area (Å²) in [4.78, 5) is 23.5. The summed E-state index contributed by atoms with van der Waals surface area (Å²) in [6.07, 6.45) is 0. The Morgan fingerprint density at radius 2 is 1.92 bits per heavy atom. The maximum atomic E-state index is 12.8. The van der Waals surface area contributed by atoms with E-state index in [2.05, 4.69) is 5.32 Å². The maximum Gasteiger partial charge on any atom is 0.336 e. The fourth-order valence-electron chi connectivity index (χ4n) is 2.50. The summed E-state index contributed by atoms with van der Waals surface area (Å²) in [5.41, 5.74) is 2.37. The monoisotopic (exact) mass is 377 g/mol. The highest BCUT2D eigenvalue weighted by Crippen LogP contribution is 2.33. The van der Waals surface area contributed by atoms with Crippen LogP contribution in [0.5, 0.6) is 5.75 Å². The van der Waals surface area contributed by atoms with Gasteiger partial charge in [0, 0.05) is 11.6 Å². The SMILES string of the molecule is COc1ccc2c(c1)S(=O)(=O)N(Cc1ccc(C(=O)NO)cc1)C(=O)N2. The van der Waals surface area contributed by atoms with E-state index in [-0.39, 0.29) is 22.7 Å². The van der Waals surface area contributed by atoms with Gasteiger partial charge in [0.1, 0.15) is 10.6 Å². The Bertz CT molecular complexity index is 972. The lowest BCUT2D eigenvalue weighted by Gasteiger charge is -2.29. The van der Waals surface area contributed by atoms with Crippen LogP contribution in [-0.4, -0.2) is 37.0 Å². The Labute approximate surface area is 149 Å². The van der Waals surface area contributed by atoms with E-state index >= 15 is 0 Å². The van der Waals surface area contributed by atoms with Crippen molar-refractivity contribution in [3.63, 3.8) is 0 Å². The molecular weight excluding hydrogens is 362 g/mol. The first kappa shape index (κ1) is 17.7. The normalized spacial score (nSPS) is 15.0. The highest BCUT2D eigenvalue weighted by molar-refractivity contribution is 7.90. The molecule has 2 aromatic carbocycles. The van der Waals surface area contributed by atoms with E-state index < -0.39 is 22.0 Å². The van der Waals surface area contributed by atoms with Crippen LogP contribution in [0.3, 0.4) is 0 Å². The largest absolute Gasteiger partial charge is 0.497 e. The number of anilines is 1. The molecule has 136 valence electrons. The zero-order chi connectivity index (χ0) is 18.9. The van der Waals surface area contributed by atoms with E-state index in [9.17, 15) is 18.0 Å². The van der Waals surface area contributed by atoms with Crippen molar-refractivity contribution in [2.75, 3.05) is 12.4 Å². The number of methoxy groups -OCH3 is 1. The van der Waals surface area contributed by atoms with Crippen LogP contribution >= 0.6 is 0 Å². The molecule has 3 amide bonds. The second-order valence-corrected chi connectivity index (χ2v) is 7.27. The number of sulfonamides is 1. The van der Waals surface area contributed by atoms with Gasteiger partial charge in [0.2, 0.25) is 0 Å². The molecule has 3 N–H and O–H groups in total. The molecule has 0 saturated carbocycles. The molecule has 1 aliphatic heterocycles. The van der Waals surface area contributed by atoms with Crippen molar-refractivity contribution in [3.05, 3.63) is 53.6 Å². The zero-order valence-electron chi connectivity index (χ0n) is 13.6. The molecule has 3 rings (SSSR count). The molecule has 0 saturated heterocycles. The Morgan fingerprint density at radius 1 is 1.23 bits per heavy atom. The fraction of sp³-hybridized carbons (Fsp3) is 0.125. The minimum Gasteiger partial charge on any atom is -0.497 e. The molecule has 0 fully saturated rings. The second kappa shape index (κ2) is 6.65. The highest BCUT2D eigenvalue weighted by atomic mass is 32.2. The van der Waals surface area contributed by atoms with Crippen molar-refractivity contribution in [1.29, 1.82) is 0 Å². The molecule has 10 heteroatoms. The quantitative estimate of drug-likeness (QED) is 0.548. The van der Waals surface area contributed by atoms with Crippen molar-refractivity contribution in [3.8, 4) is 5.75 Å². The number of urea groups is 1. The summed E-state index contributed by atoms with van der Waals surface area (Å²) < 4.78 is 31.4. The van der Waals surface area contributed by atoms with Gasteiger partial charge in [-0.3, -0.25) is 10.0 Å². The molecule has 1 aliphatic rings. The number of rotatable bonds is 4. The van der Waals surface area contributed by atoms with E-state index in [0.29, 0.717) is 15.6 Å². The van der Waals surface area contributed by atoms with Gasteiger partial charge in [-0.2, -0.15) is 0 Å². The minimum absolute atomic E-state index is 0.0623. The van der Waals surface area contributed by atoms with Crippen LogP contribution in [0.15, 0.2) is 47.4 Å². The molecule has 2 aromatic rings. The van der Waals surface area contributed by atoms with Crippen LogP contribution in [0, 0.1) is 0 Å². The van der Waals surface area contributed by atoms with Crippen LogP contribution in [0.25, 0.3) is 0 Å². The first-order chi connectivity index (χ1) is 12.4. The van der Waals surface area contributed by atoms with Gasteiger partial charge in [-0.25, -0.2) is 23.0 Å². The Hall–Kier alpha value is -3.11. The van der Waals surface area contributed by atoms with Crippen molar-refractivity contribution in [2.24, 2.45) is 0 Å². The van der Waals surface area contributed by atoms with Crippen LogP contribution in [-0.2, 0) is 16.6 Å². The number of hydroxylamine groups is 1. The Morgan fingerprint density at radius 3 is 2.54 bits per heavy atom. The van der Waals surface area contributed by atoms with Crippen molar-refractivity contribution in [1.82, 2.24) is 9.79 Å². The lowest BCUT2D eigenvalue weighted by molar-refractivity contribution is 0.0706. The van der Waals surface area contributed by atoms with E-state index in [0.717, 1.165) is 0 Å². The molecule has 9 nitrogen and oxygen atoms in total. The van der Waals surface area contributed by atoms with Crippen molar-refractivity contribution < 1.29 is 28.0 Å². The number of fused-ring (bicyclic) bond motifs is 1. The lowest BCUT2D eigenvalue weighted by Crippen LogP contribution is -2.43. The zero-order valence-corrected chi connectivity index (χ0v) is 14.4. The van der Waals surface area contributed by atoms with E-state index in [1.807, 2.05) is 0 Å². The molecule has 0 unspecified atom stereocenters. The van der Waals surface area contributed by atoms with E-state index in [4.69, 9.17) is 9.94 Å². The molecular formula is C16H15N3O6S. The number of nitrogens with zero attached hydrogens (tertiary/aromatic N) is 1. The number of nitrogens with one attached hydrogen (secondary N) is 2. The number of hydrogen-bond acceptors (Lipinski definition) is 6. The van der Waals surface area contributed by atoms with Gasteiger partial charge in [-0.15, -0.1) is 0 Å². The average Bonchev–Trinajstić information content (AvgIpc) is 2.65. The predicted molar refractivity (Wildman–Crippen MR) is 90.4 cm³/mol. The summed E-state index contributed by atoms with van der Waals surface area (Å²) in [6.45, 7) is -0.216. The number of carbonyl (C=O) groups is 2. The van der Waals surface area contributed by atoms with Crippen LogP contribution in [0.1, 0.15) is 15.9 Å². The average molecular weight is 377 g/mol. The number of carbonyl (C=O) groups excluding carboxylic acids is 2. The first-order valence-corrected chi connectivity index (χ1v) is 8.86. The van der Waals surface area contributed by atoms with Gasteiger partial charge in [-0.1, -0.05) is 12.1 Å². The third kappa shape index (κ3) is 3.07. The number of hydrogen-bond donors (Lipinski definition) is 3. The maximum absolute atomic E-state index is 12.8. The van der Waals surface area contributed by atoms with Gasteiger partial charge in [-0.05, 0) is 29.8 Å². The summed E-state index contributed by atoms with van der Waals surface area (Å²) in [7, 11) is -2.66. The second-order valence-electron chi connectivity index (χ2n) is 5.44. The number of ether oxygens (including phenoxy) is 1. The molecule has 0 bridgehead atoms. The summed E-state index contributed by atoms with van der Waals surface area (Å²) in [6, 6.07) is 9.38. The van der Waals surface area contributed by atoms with Gasteiger partial charge in [0.15, 0.2) is 0 Å². The molecule has 0 aromatic heterocycles. The van der Waals surface area contributed by atoms with Gasteiger partial charge in [0.25, 0.3) is 15.9 Å². The summed E-state index contributed by atoms with van der Waals surface area (Å²) >= 11 is 0. The molecule has 26 heavy (non-hydrogen) atoms.